The third-order valence-corrected chi connectivity index (χ3v) is 4.28. The van der Waals surface area contributed by atoms with Crippen molar-refractivity contribution in [3.05, 3.63) is 42.0 Å². The second-order valence-electron chi connectivity index (χ2n) is 4.96. The summed E-state index contributed by atoms with van der Waals surface area (Å²) in [5, 5.41) is 2.61. The first-order valence-electron chi connectivity index (χ1n) is 6.84. The fourth-order valence-corrected chi connectivity index (χ4v) is 3.00. The van der Waals surface area contributed by atoms with Crippen LogP contribution in [0.15, 0.2) is 36.4 Å². The predicted octanol–water partition coefficient (Wildman–Crippen LogP) is 4.56. The van der Waals surface area contributed by atoms with E-state index in [9.17, 15) is 4.79 Å². The molecule has 3 heteroatoms. The van der Waals surface area contributed by atoms with E-state index in [-0.39, 0.29) is 5.78 Å². The number of carbonyl (C=O) groups is 1. The molecule has 0 aliphatic heterocycles. The molecule has 0 spiro atoms. The van der Waals surface area contributed by atoms with E-state index in [2.05, 4.69) is 13.8 Å². The second kappa shape index (κ2) is 6.80. The molecule has 0 aliphatic rings. The molecule has 0 saturated carbocycles. The van der Waals surface area contributed by atoms with Gasteiger partial charge in [-0.2, -0.15) is 11.8 Å². The van der Waals surface area contributed by atoms with Crippen molar-refractivity contribution in [3.8, 4) is 5.75 Å². The Bertz CT molecular complexity index is 605. The van der Waals surface area contributed by atoms with Crippen LogP contribution in [0.3, 0.4) is 0 Å². The molecule has 20 heavy (non-hydrogen) atoms. The Balaban J connectivity index is 2.33. The second-order valence-corrected chi connectivity index (χ2v) is 6.64. The smallest absolute Gasteiger partial charge is 0.168 e. The average Bonchev–Trinajstić information content (AvgIpc) is 2.45. The van der Waals surface area contributed by atoms with Crippen molar-refractivity contribution in [1.82, 2.24) is 0 Å². The molecule has 2 nitrogen and oxygen atoms in total. The third kappa shape index (κ3) is 3.34. The monoisotopic (exact) mass is 288 g/mol. The quantitative estimate of drug-likeness (QED) is 0.729. The van der Waals surface area contributed by atoms with Gasteiger partial charge >= 0.3 is 0 Å². The van der Waals surface area contributed by atoms with E-state index in [4.69, 9.17) is 4.74 Å². The third-order valence-electron chi connectivity index (χ3n) is 3.17. The number of ketones is 1. The molecule has 0 aromatic heterocycles. The molecule has 0 heterocycles. The highest BCUT2D eigenvalue weighted by atomic mass is 32.2. The lowest BCUT2D eigenvalue weighted by atomic mass is 9.99. The number of benzene rings is 2. The highest BCUT2D eigenvalue weighted by Gasteiger charge is 2.16. The maximum absolute atomic E-state index is 12.5. The SMILES string of the molecule is COc1ccc2ccccc2c1C(=O)CCSC(C)C. The lowest BCUT2D eigenvalue weighted by Crippen LogP contribution is -2.05. The van der Waals surface area contributed by atoms with Gasteiger partial charge in [0, 0.05) is 12.2 Å². The van der Waals surface area contributed by atoms with Crippen LogP contribution in [-0.4, -0.2) is 23.9 Å². The molecule has 0 amide bonds. The molecule has 0 atom stereocenters. The van der Waals surface area contributed by atoms with E-state index in [1.54, 1.807) is 7.11 Å². The van der Waals surface area contributed by atoms with Crippen molar-refractivity contribution in [2.24, 2.45) is 0 Å². The predicted molar refractivity (Wildman–Crippen MR) is 87.0 cm³/mol. The molecule has 0 N–H and O–H groups in total. The number of carbonyl (C=O) groups excluding carboxylic acids is 1. The van der Waals surface area contributed by atoms with Crippen molar-refractivity contribution in [2.45, 2.75) is 25.5 Å². The van der Waals surface area contributed by atoms with Gasteiger partial charge in [0.25, 0.3) is 0 Å². The minimum atomic E-state index is 0.159. The summed E-state index contributed by atoms with van der Waals surface area (Å²) in [5.74, 6) is 1.68. The fourth-order valence-electron chi connectivity index (χ4n) is 2.22. The minimum absolute atomic E-state index is 0.159. The summed E-state index contributed by atoms with van der Waals surface area (Å²) < 4.78 is 5.37. The van der Waals surface area contributed by atoms with E-state index < -0.39 is 0 Å². The van der Waals surface area contributed by atoms with Crippen LogP contribution in [0.25, 0.3) is 10.8 Å². The Hall–Kier alpha value is -1.48. The number of rotatable bonds is 6. The van der Waals surface area contributed by atoms with Gasteiger partial charge in [0.05, 0.1) is 12.7 Å². The van der Waals surface area contributed by atoms with Crippen molar-refractivity contribution in [3.63, 3.8) is 0 Å². The Morgan fingerprint density at radius 3 is 2.65 bits per heavy atom. The standard InChI is InChI=1S/C17H20O2S/c1-12(2)20-11-10-15(18)17-14-7-5-4-6-13(14)8-9-16(17)19-3/h4-9,12H,10-11H2,1-3H3. The summed E-state index contributed by atoms with van der Waals surface area (Å²) >= 11 is 1.81. The molecular formula is C17H20O2S. The normalized spacial score (nSPS) is 11.0. The zero-order chi connectivity index (χ0) is 14.5. The van der Waals surface area contributed by atoms with Crippen LogP contribution in [-0.2, 0) is 0 Å². The molecule has 106 valence electrons. The zero-order valence-electron chi connectivity index (χ0n) is 12.2. The number of ether oxygens (including phenoxy) is 1. The summed E-state index contributed by atoms with van der Waals surface area (Å²) in [6.07, 6.45) is 0.549. The molecule has 2 rings (SSSR count). The molecule has 0 radical (unpaired) electrons. The molecule has 0 bridgehead atoms. The summed E-state index contributed by atoms with van der Waals surface area (Å²) in [6.45, 7) is 4.29. The van der Waals surface area contributed by atoms with E-state index in [1.165, 1.54) is 0 Å². The molecule has 2 aromatic carbocycles. The highest BCUT2D eigenvalue weighted by Crippen LogP contribution is 2.29. The van der Waals surface area contributed by atoms with Gasteiger partial charge in [-0.05, 0) is 22.1 Å². The van der Waals surface area contributed by atoms with Gasteiger partial charge in [-0.15, -0.1) is 0 Å². The summed E-state index contributed by atoms with van der Waals surface area (Å²) in [7, 11) is 1.61. The van der Waals surface area contributed by atoms with E-state index in [0.29, 0.717) is 17.4 Å². The molecule has 0 fully saturated rings. The first-order chi connectivity index (χ1) is 9.63. The maximum Gasteiger partial charge on any atom is 0.168 e. The summed E-state index contributed by atoms with van der Waals surface area (Å²) in [6, 6.07) is 11.8. The van der Waals surface area contributed by atoms with E-state index in [0.717, 1.165) is 22.1 Å². The molecule has 0 saturated heterocycles. The van der Waals surface area contributed by atoms with E-state index >= 15 is 0 Å². The highest BCUT2D eigenvalue weighted by molar-refractivity contribution is 7.99. The lowest BCUT2D eigenvalue weighted by Gasteiger charge is -2.11. The van der Waals surface area contributed by atoms with Gasteiger partial charge in [-0.25, -0.2) is 0 Å². The Morgan fingerprint density at radius 1 is 1.20 bits per heavy atom. The Morgan fingerprint density at radius 2 is 1.95 bits per heavy atom. The van der Waals surface area contributed by atoms with Crippen LogP contribution in [0.4, 0.5) is 0 Å². The van der Waals surface area contributed by atoms with E-state index in [1.807, 2.05) is 48.2 Å². The Kier molecular flexibility index (Phi) is 5.07. The van der Waals surface area contributed by atoms with Gasteiger partial charge in [0.2, 0.25) is 0 Å². The van der Waals surface area contributed by atoms with Crippen LogP contribution < -0.4 is 4.74 Å². The van der Waals surface area contributed by atoms with Crippen LogP contribution in [0.5, 0.6) is 5.75 Å². The van der Waals surface area contributed by atoms with Crippen LogP contribution in [0, 0.1) is 0 Å². The zero-order valence-corrected chi connectivity index (χ0v) is 13.0. The minimum Gasteiger partial charge on any atom is -0.496 e. The number of methoxy groups -OCH3 is 1. The van der Waals surface area contributed by atoms with Crippen LogP contribution in [0.2, 0.25) is 0 Å². The van der Waals surface area contributed by atoms with Crippen molar-refractivity contribution >= 4 is 28.3 Å². The number of Topliss-reactive ketones (excluding diaryl/α,β-unsaturated/α-hetero) is 1. The van der Waals surface area contributed by atoms with Gasteiger partial charge in [-0.3, -0.25) is 4.79 Å². The lowest BCUT2D eigenvalue weighted by molar-refractivity contribution is 0.0988. The summed E-state index contributed by atoms with van der Waals surface area (Å²) in [5.41, 5.74) is 0.718. The first kappa shape index (κ1) is 14.9. The Labute approximate surface area is 124 Å². The number of hydrogen-bond donors (Lipinski definition) is 0. The first-order valence-corrected chi connectivity index (χ1v) is 7.89. The van der Waals surface area contributed by atoms with Crippen molar-refractivity contribution in [1.29, 1.82) is 0 Å². The molecule has 0 unspecified atom stereocenters. The van der Waals surface area contributed by atoms with Crippen molar-refractivity contribution < 1.29 is 9.53 Å². The molecule has 0 aliphatic carbocycles. The molecule has 2 aromatic rings. The van der Waals surface area contributed by atoms with Crippen LogP contribution >= 0.6 is 11.8 Å². The maximum atomic E-state index is 12.5. The fraction of sp³-hybridized carbons (Fsp3) is 0.353. The van der Waals surface area contributed by atoms with Gasteiger partial charge in [0.15, 0.2) is 5.78 Å². The average molecular weight is 288 g/mol. The van der Waals surface area contributed by atoms with Gasteiger partial charge in [0.1, 0.15) is 5.75 Å². The number of hydrogen-bond acceptors (Lipinski definition) is 3. The number of fused-ring (bicyclic) bond motifs is 1. The number of thioether (sulfide) groups is 1. The van der Waals surface area contributed by atoms with Crippen molar-refractivity contribution in [2.75, 3.05) is 12.9 Å². The largest absolute Gasteiger partial charge is 0.496 e. The van der Waals surface area contributed by atoms with Gasteiger partial charge < -0.3 is 4.74 Å². The summed E-state index contributed by atoms with van der Waals surface area (Å²) in [4.78, 5) is 12.5. The topological polar surface area (TPSA) is 26.3 Å². The molecular weight excluding hydrogens is 268 g/mol. The van der Waals surface area contributed by atoms with Crippen LogP contribution in [0.1, 0.15) is 30.6 Å². The van der Waals surface area contributed by atoms with Gasteiger partial charge in [-0.1, -0.05) is 44.2 Å².